The summed E-state index contributed by atoms with van der Waals surface area (Å²) in [4.78, 5) is 31.1. The SMILES string of the molecule is Cc1cc(C)c(-c2csc(NC(=O)c3nn(-c4ccccc4)c(=O)c4ccccc34)n2)c(C)c1. The first-order valence-electron chi connectivity index (χ1n) is 10.8. The van der Waals surface area contributed by atoms with Crippen LogP contribution in [0, 0.1) is 20.8 Å². The third-order valence-corrected chi connectivity index (χ3v) is 6.44. The Labute approximate surface area is 200 Å². The predicted molar refractivity (Wildman–Crippen MR) is 137 cm³/mol. The molecule has 34 heavy (non-hydrogen) atoms. The van der Waals surface area contributed by atoms with Crippen molar-refractivity contribution in [2.24, 2.45) is 0 Å². The molecule has 168 valence electrons. The maximum Gasteiger partial charge on any atom is 0.279 e. The van der Waals surface area contributed by atoms with Gasteiger partial charge in [-0.15, -0.1) is 11.3 Å². The Hall–Kier alpha value is -4.10. The second-order valence-corrected chi connectivity index (χ2v) is 9.07. The number of anilines is 1. The van der Waals surface area contributed by atoms with Crippen molar-refractivity contribution in [1.29, 1.82) is 0 Å². The van der Waals surface area contributed by atoms with Gasteiger partial charge in [0.2, 0.25) is 0 Å². The second-order valence-electron chi connectivity index (χ2n) is 8.21. The Morgan fingerprint density at radius 2 is 1.56 bits per heavy atom. The number of thiazole rings is 1. The molecule has 0 saturated carbocycles. The van der Waals surface area contributed by atoms with Gasteiger partial charge in [-0.05, 0) is 50.1 Å². The van der Waals surface area contributed by atoms with Crippen LogP contribution in [0.3, 0.4) is 0 Å². The Balaban J connectivity index is 1.54. The maximum absolute atomic E-state index is 13.3. The van der Waals surface area contributed by atoms with Gasteiger partial charge in [0.25, 0.3) is 11.5 Å². The van der Waals surface area contributed by atoms with Gasteiger partial charge >= 0.3 is 0 Å². The number of benzene rings is 3. The van der Waals surface area contributed by atoms with E-state index in [1.54, 1.807) is 36.4 Å². The van der Waals surface area contributed by atoms with Crippen LogP contribution in [0.1, 0.15) is 27.2 Å². The molecule has 3 aromatic carbocycles. The fourth-order valence-electron chi connectivity index (χ4n) is 4.29. The molecule has 6 nitrogen and oxygen atoms in total. The van der Waals surface area contributed by atoms with Crippen LogP contribution in [-0.4, -0.2) is 20.7 Å². The van der Waals surface area contributed by atoms with Crippen molar-refractivity contribution in [1.82, 2.24) is 14.8 Å². The van der Waals surface area contributed by atoms with Crippen molar-refractivity contribution >= 4 is 33.1 Å². The van der Waals surface area contributed by atoms with Crippen molar-refractivity contribution < 1.29 is 4.79 Å². The number of amides is 1. The zero-order chi connectivity index (χ0) is 23.8. The van der Waals surface area contributed by atoms with Crippen molar-refractivity contribution in [2.45, 2.75) is 20.8 Å². The highest BCUT2D eigenvalue weighted by atomic mass is 32.1. The van der Waals surface area contributed by atoms with Crippen LogP contribution in [0.2, 0.25) is 0 Å². The highest BCUT2D eigenvalue weighted by molar-refractivity contribution is 7.14. The van der Waals surface area contributed by atoms with Crippen molar-refractivity contribution in [3.8, 4) is 16.9 Å². The van der Waals surface area contributed by atoms with E-state index in [1.807, 2.05) is 23.6 Å². The molecule has 0 aliphatic rings. The molecule has 0 spiro atoms. The number of hydrogen-bond acceptors (Lipinski definition) is 5. The monoisotopic (exact) mass is 466 g/mol. The molecule has 0 aliphatic heterocycles. The summed E-state index contributed by atoms with van der Waals surface area (Å²) in [7, 11) is 0. The molecule has 0 radical (unpaired) electrons. The summed E-state index contributed by atoms with van der Waals surface area (Å²) < 4.78 is 1.27. The largest absolute Gasteiger partial charge is 0.296 e. The molecule has 0 unspecified atom stereocenters. The number of para-hydroxylation sites is 1. The quantitative estimate of drug-likeness (QED) is 0.369. The normalized spacial score (nSPS) is 11.0. The van der Waals surface area contributed by atoms with E-state index in [0.29, 0.717) is 21.6 Å². The van der Waals surface area contributed by atoms with Gasteiger partial charge in [-0.2, -0.15) is 9.78 Å². The molecule has 2 aromatic heterocycles. The fraction of sp³-hybridized carbons (Fsp3) is 0.111. The van der Waals surface area contributed by atoms with Gasteiger partial charge in [0, 0.05) is 16.3 Å². The topological polar surface area (TPSA) is 76.9 Å². The molecule has 5 rings (SSSR count). The average Bonchev–Trinajstić information content (AvgIpc) is 3.27. The van der Waals surface area contributed by atoms with Crippen LogP contribution in [0.15, 0.2) is 76.9 Å². The molecule has 0 aliphatic carbocycles. The van der Waals surface area contributed by atoms with Crippen LogP contribution in [0.25, 0.3) is 27.7 Å². The van der Waals surface area contributed by atoms with E-state index in [2.05, 4.69) is 48.3 Å². The van der Waals surface area contributed by atoms with E-state index in [1.165, 1.54) is 21.6 Å². The summed E-state index contributed by atoms with van der Waals surface area (Å²) in [6, 6.07) is 20.3. The lowest BCUT2D eigenvalue weighted by molar-refractivity contribution is 0.102. The van der Waals surface area contributed by atoms with Crippen molar-refractivity contribution in [3.05, 3.63) is 105 Å². The number of fused-ring (bicyclic) bond motifs is 1. The zero-order valence-corrected chi connectivity index (χ0v) is 19.8. The molecule has 0 saturated heterocycles. The molecule has 0 atom stereocenters. The molecule has 0 bridgehead atoms. The lowest BCUT2D eigenvalue weighted by atomic mass is 9.98. The van der Waals surface area contributed by atoms with Crippen LogP contribution in [0.4, 0.5) is 5.13 Å². The highest BCUT2D eigenvalue weighted by Gasteiger charge is 2.19. The summed E-state index contributed by atoms with van der Waals surface area (Å²) in [5, 5.41) is 10.7. The third kappa shape index (κ3) is 3.91. The van der Waals surface area contributed by atoms with E-state index in [0.717, 1.165) is 22.4 Å². The molecular formula is C27H22N4O2S. The third-order valence-electron chi connectivity index (χ3n) is 5.68. The first kappa shape index (κ1) is 21.7. The van der Waals surface area contributed by atoms with Crippen molar-refractivity contribution in [3.63, 3.8) is 0 Å². The van der Waals surface area contributed by atoms with Gasteiger partial charge in [0.15, 0.2) is 10.8 Å². The minimum atomic E-state index is -0.417. The lowest BCUT2D eigenvalue weighted by Crippen LogP contribution is -2.26. The zero-order valence-electron chi connectivity index (χ0n) is 19.0. The van der Waals surface area contributed by atoms with E-state index >= 15 is 0 Å². The average molecular weight is 467 g/mol. The van der Waals surface area contributed by atoms with Gasteiger partial charge < -0.3 is 0 Å². The van der Waals surface area contributed by atoms with E-state index in [4.69, 9.17) is 0 Å². The first-order chi connectivity index (χ1) is 16.4. The van der Waals surface area contributed by atoms with Crippen LogP contribution in [0.5, 0.6) is 0 Å². The minimum Gasteiger partial charge on any atom is -0.296 e. The number of nitrogens with one attached hydrogen (secondary N) is 1. The summed E-state index contributed by atoms with van der Waals surface area (Å²) in [6.07, 6.45) is 0. The number of carbonyl (C=O) groups is 1. The molecule has 2 heterocycles. The van der Waals surface area contributed by atoms with Crippen molar-refractivity contribution in [2.75, 3.05) is 5.32 Å². The molecular weight excluding hydrogens is 444 g/mol. The number of aryl methyl sites for hydroxylation is 3. The van der Waals surface area contributed by atoms with E-state index in [9.17, 15) is 9.59 Å². The number of hydrogen-bond donors (Lipinski definition) is 1. The summed E-state index contributed by atoms with van der Waals surface area (Å²) in [5.74, 6) is -0.417. The van der Waals surface area contributed by atoms with Crippen LogP contribution in [-0.2, 0) is 0 Å². The van der Waals surface area contributed by atoms with Gasteiger partial charge in [0.05, 0.1) is 16.8 Å². The molecule has 1 N–H and O–H groups in total. The van der Waals surface area contributed by atoms with Crippen LogP contribution >= 0.6 is 11.3 Å². The first-order valence-corrected chi connectivity index (χ1v) is 11.7. The Bertz CT molecular complexity index is 1580. The number of aromatic nitrogens is 3. The van der Waals surface area contributed by atoms with E-state index < -0.39 is 5.91 Å². The highest BCUT2D eigenvalue weighted by Crippen LogP contribution is 2.31. The summed E-state index contributed by atoms with van der Waals surface area (Å²) >= 11 is 1.36. The molecule has 5 aromatic rings. The second kappa shape index (κ2) is 8.68. The molecule has 7 heteroatoms. The number of rotatable bonds is 4. The Kier molecular flexibility index (Phi) is 5.55. The Morgan fingerprint density at radius 1 is 0.912 bits per heavy atom. The smallest absolute Gasteiger partial charge is 0.279 e. The summed E-state index contributed by atoms with van der Waals surface area (Å²) in [5.41, 5.74) is 5.86. The fourth-order valence-corrected chi connectivity index (χ4v) is 4.98. The number of nitrogens with zero attached hydrogens (tertiary/aromatic N) is 3. The van der Waals surface area contributed by atoms with Gasteiger partial charge in [-0.1, -0.05) is 54.1 Å². The van der Waals surface area contributed by atoms with Crippen LogP contribution < -0.4 is 10.9 Å². The van der Waals surface area contributed by atoms with Gasteiger partial charge in [-0.25, -0.2) is 4.98 Å². The number of carbonyl (C=O) groups excluding carboxylic acids is 1. The maximum atomic E-state index is 13.3. The van der Waals surface area contributed by atoms with Gasteiger partial charge in [0.1, 0.15) is 0 Å². The molecule has 0 fully saturated rings. The minimum absolute atomic E-state index is 0.165. The predicted octanol–water partition coefficient (Wildman–Crippen LogP) is 5.69. The molecule has 1 amide bonds. The Morgan fingerprint density at radius 3 is 2.26 bits per heavy atom. The standard InChI is InChI=1S/C27H22N4O2S/c1-16-13-17(2)23(18(3)14-16)22-15-34-27(28-22)29-25(32)24-20-11-7-8-12-21(20)26(33)31(30-24)19-9-5-4-6-10-19/h4-15H,1-3H3,(H,28,29,32). The lowest BCUT2D eigenvalue weighted by Gasteiger charge is -2.11. The van der Waals surface area contributed by atoms with E-state index in [-0.39, 0.29) is 11.3 Å². The summed E-state index contributed by atoms with van der Waals surface area (Å²) in [6.45, 7) is 6.20. The van der Waals surface area contributed by atoms with Gasteiger partial charge in [-0.3, -0.25) is 14.9 Å².